The van der Waals surface area contributed by atoms with E-state index in [9.17, 15) is 9.59 Å². The van der Waals surface area contributed by atoms with E-state index < -0.39 is 6.10 Å². The Kier molecular flexibility index (Phi) is 7.40. The molecule has 3 aromatic rings. The second kappa shape index (κ2) is 10.4. The molecule has 0 bridgehead atoms. The van der Waals surface area contributed by atoms with Gasteiger partial charge in [-0.05, 0) is 42.3 Å². The highest BCUT2D eigenvalue weighted by Crippen LogP contribution is 2.25. The highest BCUT2D eigenvalue weighted by molar-refractivity contribution is 6.32. The number of hydrogen-bond donors (Lipinski definition) is 2. The number of pyridine rings is 1. The molecule has 30 heavy (non-hydrogen) atoms. The Bertz CT molecular complexity index is 1010. The van der Waals surface area contributed by atoms with Crippen molar-refractivity contribution in [2.24, 2.45) is 0 Å². The molecular weight excluding hydrogens is 402 g/mol. The van der Waals surface area contributed by atoms with Crippen LogP contribution < -0.4 is 15.4 Å². The van der Waals surface area contributed by atoms with Crippen LogP contribution in [0.2, 0.25) is 5.02 Å². The predicted molar refractivity (Wildman–Crippen MR) is 117 cm³/mol. The molecule has 1 aromatic heterocycles. The number of nitrogens with zero attached hydrogens (tertiary/aromatic N) is 1. The number of rotatable bonds is 8. The summed E-state index contributed by atoms with van der Waals surface area (Å²) in [5, 5.41) is 6.07. The fraction of sp³-hybridized carbons (Fsp3) is 0.174. The highest BCUT2D eigenvalue weighted by atomic mass is 35.5. The molecule has 6 nitrogen and oxygen atoms in total. The zero-order valence-corrected chi connectivity index (χ0v) is 17.2. The van der Waals surface area contributed by atoms with Gasteiger partial charge < -0.3 is 15.4 Å². The van der Waals surface area contributed by atoms with Gasteiger partial charge in [-0.25, -0.2) is 0 Å². The Balaban J connectivity index is 1.69. The summed E-state index contributed by atoms with van der Waals surface area (Å²) < 4.78 is 5.78. The van der Waals surface area contributed by atoms with E-state index in [4.69, 9.17) is 16.3 Å². The second-order valence-electron chi connectivity index (χ2n) is 6.52. The van der Waals surface area contributed by atoms with E-state index in [2.05, 4.69) is 15.6 Å². The fourth-order valence-corrected chi connectivity index (χ4v) is 2.98. The minimum atomic E-state index is -0.753. The van der Waals surface area contributed by atoms with E-state index in [0.29, 0.717) is 35.0 Å². The van der Waals surface area contributed by atoms with E-state index in [1.54, 1.807) is 67.0 Å². The lowest BCUT2D eigenvalue weighted by Gasteiger charge is -2.19. The van der Waals surface area contributed by atoms with Crippen molar-refractivity contribution in [3.63, 3.8) is 0 Å². The summed E-state index contributed by atoms with van der Waals surface area (Å²) >= 11 is 6.13. The summed E-state index contributed by atoms with van der Waals surface area (Å²) in [5.74, 6) is -0.219. The van der Waals surface area contributed by atoms with Gasteiger partial charge in [0.1, 0.15) is 5.75 Å². The summed E-state index contributed by atoms with van der Waals surface area (Å²) in [6, 6.07) is 17.5. The molecule has 154 valence electrons. The molecule has 2 aromatic carbocycles. The van der Waals surface area contributed by atoms with Gasteiger partial charge in [0.05, 0.1) is 16.3 Å². The van der Waals surface area contributed by atoms with Crippen LogP contribution in [0.15, 0.2) is 73.1 Å². The number of nitrogens with one attached hydrogen (secondary N) is 2. The number of para-hydroxylation sites is 2. The van der Waals surface area contributed by atoms with Gasteiger partial charge in [0.25, 0.3) is 11.8 Å². The lowest BCUT2D eigenvalue weighted by atomic mass is 10.1. The first-order chi connectivity index (χ1) is 14.6. The van der Waals surface area contributed by atoms with Crippen molar-refractivity contribution < 1.29 is 14.3 Å². The first kappa shape index (κ1) is 21.3. The Morgan fingerprint density at radius 1 is 1.07 bits per heavy atom. The van der Waals surface area contributed by atoms with E-state index in [1.807, 2.05) is 13.0 Å². The van der Waals surface area contributed by atoms with E-state index >= 15 is 0 Å². The zero-order valence-electron chi connectivity index (χ0n) is 16.5. The predicted octanol–water partition coefficient (Wildman–Crippen LogP) is 4.46. The number of benzene rings is 2. The van der Waals surface area contributed by atoms with Gasteiger partial charge in [0, 0.05) is 18.9 Å². The Labute approximate surface area is 180 Å². The Morgan fingerprint density at radius 3 is 2.57 bits per heavy atom. The van der Waals surface area contributed by atoms with Gasteiger partial charge in [0.15, 0.2) is 6.10 Å². The molecule has 1 heterocycles. The van der Waals surface area contributed by atoms with Crippen LogP contribution >= 0.6 is 11.6 Å². The molecule has 0 unspecified atom stereocenters. The maximum Gasteiger partial charge on any atom is 0.265 e. The van der Waals surface area contributed by atoms with Crippen molar-refractivity contribution >= 4 is 29.1 Å². The zero-order chi connectivity index (χ0) is 21.3. The third kappa shape index (κ3) is 5.58. The first-order valence-corrected chi connectivity index (χ1v) is 9.94. The van der Waals surface area contributed by atoms with Crippen molar-refractivity contribution in [3.8, 4) is 5.75 Å². The molecule has 0 saturated carbocycles. The monoisotopic (exact) mass is 423 g/mol. The maximum atomic E-state index is 12.8. The number of carbonyl (C=O) groups is 2. The highest BCUT2D eigenvalue weighted by Gasteiger charge is 2.21. The molecule has 2 amide bonds. The molecule has 1 atom stereocenters. The van der Waals surface area contributed by atoms with Gasteiger partial charge in [-0.15, -0.1) is 0 Å². The molecule has 7 heteroatoms. The number of carbonyl (C=O) groups excluding carboxylic acids is 2. The number of amides is 2. The average molecular weight is 424 g/mol. The Hall–Kier alpha value is -3.38. The summed E-state index contributed by atoms with van der Waals surface area (Å²) in [4.78, 5) is 29.5. The van der Waals surface area contributed by atoms with Gasteiger partial charge in [-0.1, -0.05) is 48.9 Å². The summed E-state index contributed by atoms with van der Waals surface area (Å²) in [6.45, 7) is 2.18. The summed E-state index contributed by atoms with van der Waals surface area (Å²) in [5.41, 5.74) is 1.65. The standard InChI is InChI=1S/C23H22ClN3O3/c1-2-20(30-21-12-6-4-10-18(21)24)23(29)27-19-11-5-3-9-17(19)22(28)26-15-16-8-7-13-25-14-16/h3-14,20H,2,15H2,1H3,(H,26,28)(H,27,29)/t20-/m0/s1. The van der Waals surface area contributed by atoms with Crippen molar-refractivity contribution in [1.82, 2.24) is 10.3 Å². The molecular formula is C23H22ClN3O3. The smallest absolute Gasteiger partial charge is 0.265 e. The topological polar surface area (TPSA) is 80.3 Å². The number of ether oxygens (including phenoxy) is 1. The molecule has 0 radical (unpaired) electrons. The molecule has 0 aliphatic heterocycles. The fourth-order valence-electron chi connectivity index (χ4n) is 2.80. The maximum absolute atomic E-state index is 12.8. The van der Waals surface area contributed by atoms with Gasteiger partial charge in [0.2, 0.25) is 0 Å². The van der Waals surface area contributed by atoms with Gasteiger partial charge >= 0.3 is 0 Å². The van der Waals surface area contributed by atoms with Crippen molar-refractivity contribution in [1.29, 1.82) is 0 Å². The van der Waals surface area contributed by atoms with Crippen molar-refractivity contribution in [2.75, 3.05) is 5.32 Å². The van der Waals surface area contributed by atoms with Crippen LogP contribution in [0.4, 0.5) is 5.69 Å². The van der Waals surface area contributed by atoms with Crippen LogP contribution in [0.25, 0.3) is 0 Å². The third-order valence-corrected chi connectivity index (χ3v) is 4.69. The molecule has 0 saturated heterocycles. The molecule has 3 rings (SSSR count). The van der Waals surface area contributed by atoms with Crippen molar-refractivity contribution in [2.45, 2.75) is 26.0 Å². The van der Waals surface area contributed by atoms with E-state index in [0.717, 1.165) is 5.56 Å². The number of anilines is 1. The molecule has 0 aliphatic carbocycles. The average Bonchev–Trinajstić information content (AvgIpc) is 2.78. The van der Waals surface area contributed by atoms with Crippen LogP contribution in [-0.2, 0) is 11.3 Å². The quantitative estimate of drug-likeness (QED) is 0.560. The van der Waals surface area contributed by atoms with Crippen LogP contribution in [-0.4, -0.2) is 22.9 Å². The molecule has 0 spiro atoms. The third-order valence-electron chi connectivity index (χ3n) is 4.37. The summed E-state index contributed by atoms with van der Waals surface area (Å²) in [6.07, 6.45) is 3.04. The Morgan fingerprint density at radius 2 is 1.83 bits per heavy atom. The SMILES string of the molecule is CC[C@H](Oc1ccccc1Cl)C(=O)Nc1ccccc1C(=O)NCc1cccnc1. The summed E-state index contributed by atoms with van der Waals surface area (Å²) in [7, 11) is 0. The van der Waals surface area contributed by atoms with Crippen LogP contribution in [0.1, 0.15) is 29.3 Å². The lowest BCUT2D eigenvalue weighted by molar-refractivity contribution is -0.122. The van der Waals surface area contributed by atoms with Crippen LogP contribution in [0.5, 0.6) is 5.75 Å². The number of aromatic nitrogens is 1. The number of hydrogen-bond acceptors (Lipinski definition) is 4. The number of halogens is 1. The van der Waals surface area contributed by atoms with Gasteiger partial charge in [-0.3, -0.25) is 14.6 Å². The van der Waals surface area contributed by atoms with Gasteiger partial charge in [-0.2, -0.15) is 0 Å². The largest absolute Gasteiger partial charge is 0.479 e. The van der Waals surface area contributed by atoms with E-state index in [-0.39, 0.29) is 11.8 Å². The van der Waals surface area contributed by atoms with E-state index in [1.165, 1.54) is 0 Å². The minimum absolute atomic E-state index is 0.296. The normalized spacial score (nSPS) is 11.4. The molecule has 0 fully saturated rings. The second-order valence-corrected chi connectivity index (χ2v) is 6.93. The molecule has 0 aliphatic rings. The molecule has 2 N–H and O–H groups in total. The first-order valence-electron chi connectivity index (χ1n) is 9.56. The lowest BCUT2D eigenvalue weighted by Crippen LogP contribution is -2.33. The van der Waals surface area contributed by atoms with Crippen LogP contribution in [0.3, 0.4) is 0 Å². The minimum Gasteiger partial charge on any atom is -0.479 e. The van der Waals surface area contributed by atoms with Crippen LogP contribution in [0, 0.1) is 0 Å². The van der Waals surface area contributed by atoms with Crippen molar-refractivity contribution in [3.05, 3.63) is 89.2 Å².